The van der Waals surface area contributed by atoms with E-state index in [0.29, 0.717) is 22.4 Å². The molecule has 0 aliphatic heterocycles. The molecular formula is C21H15N5O5. The largest absolute Gasteiger partial charge is 0.507 e. The number of carbonyl (C=O) groups is 1. The third kappa shape index (κ3) is 4.03. The highest BCUT2D eigenvalue weighted by Gasteiger charge is 2.17. The lowest BCUT2D eigenvalue weighted by Crippen LogP contribution is -2.17. The number of nitro groups is 1. The van der Waals surface area contributed by atoms with Crippen molar-refractivity contribution in [2.24, 2.45) is 5.10 Å². The monoisotopic (exact) mass is 417 g/mol. The maximum Gasteiger partial charge on any atom is 0.311 e. The first kappa shape index (κ1) is 19.6. The van der Waals surface area contributed by atoms with E-state index in [1.807, 2.05) is 30.3 Å². The molecule has 4 N–H and O–H groups in total. The van der Waals surface area contributed by atoms with Crippen LogP contribution in [0.2, 0.25) is 0 Å². The molecule has 10 nitrogen and oxygen atoms in total. The molecule has 1 aromatic heterocycles. The number of phenols is 2. The molecule has 0 atom stereocenters. The molecular weight excluding hydrogens is 402 g/mol. The topological polar surface area (TPSA) is 154 Å². The fraction of sp³-hybridized carbons (Fsp3) is 0. The molecule has 4 aromatic rings. The fourth-order valence-corrected chi connectivity index (χ4v) is 2.94. The number of hydrogen-bond donors (Lipinski definition) is 4. The third-order valence-electron chi connectivity index (χ3n) is 4.48. The number of rotatable bonds is 5. The first-order valence-corrected chi connectivity index (χ1v) is 9.01. The summed E-state index contributed by atoms with van der Waals surface area (Å²) in [7, 11) is 0. The number of hydrazone groups is 1. The Morgan fingerprint density at radius 2 is 1.87 bits per heavy atom. The van der Waals surface area contributed by atoms with Crippen LogP contribution in [0.25, 0.3) is 22.4 Å². The summed E-state index contributed by atoms with van der Waals surface area (Å²) in [5, 5.41) is 33.9. The number of imidazole rings is 1. The van der Waals surface area contributed by atoms with Crippen molar-refractivity contribution >= 4 is 28.8 Å². The Morgan fingerprint density at radius 1 is 1.10 bits per heavy atom. The van der Waals surface area contributed by atoms with Gasteiger partial charge < -0.3 is 15.2 Å². The highest BCUT2D eigenvalue weighted by Crippen LogP contribution is 2.32. The Hall–Kier alpha value is -4.73. The zero-order chi connectivity index (χ0) is 22.0. The van der Waals surface area contributed by atoms with E-state index < -0.39 is 28.0 Å². The lowest BCUT2D eigenvalue weighted by atomic mass is 10.2. The molecule has 0 aliphatic rings. The second kappa shape index (κ2) is 7.95. The lowest BCUT2D eigenvalue weighted by molar-refractivity contribution is -0.385. The molecule has 0 saturated heterocycles. The van der Waals surface area contributed by atoms with Crippen LogP contribution in [-0.2, 0) is 0 Å². The number of benzene rings is 3. The standard InChI is InChI=1S/C21H15N5O5/c27-18-10-19(28)17(26(30)31)9-14(18)11-22-25-21(29)13-6-7-15-16(8-13)24-20(23-15)12-4-2-1-3-5-12/h1-11,27-28H,(H,23,24)(H,25,29)/b22-11+. The molecule has 0 aliphatic carbocycles. The minimum absolute atomic E-state index is 0.0404. The number of nitrogens with zero attached hydrogens (tertiary/aromatic N) is 3. The Balaban J connectivity index is 1.52. The van der Waals surface area contributed by atoms with Crippen molar-refractivity contribution in [1.29, 1.82) is 0 Å². The van der Waals surface area contributed by atoms with E-state index in [-0.39, 0.29) is 5.56 Å². The molecule has 0 bridgehead atoms. The minimum Gasteiger partial charge on any atom is -0.507 e. The molecule has 1 heterocycles. The minimum atomic E-state index is -0.798. The van der Waals surface area contributed by atoms with E-state index in [1.165, 1.54) is 0 Å². The van der Waals surface area contributed by atoms with E-state index >= 15 is 0 Å². The fourth-order valence-electron chi connectivity index (χ4n) is 2.94. The Kier molecular flexibility index (Phi) is 5.02. The molecule has 3 aromatic carbocycles. The van der Waals surface area contributed by atoms with Crippen LogP contribution < -0.4 is 5.43 Å². The van der Waals surface area contributed by atoms with Crippen molar-refractivity contribution in [2.45, 2.75) is 0 Å². The van der Waals surface area contributed by atoms with E-state index in [4.69, 9.17) is 0 Å². The van der Waals surface area contributed by atoms with Crippen LogP contribution in [0.1, 0.15) is 15.9 Å². The van der Waals surface area contributed by atoms with E-state index in [9.17, 15) is 25.1 Å². The number of phenolic OH excluding ortho intramolecular Hbond substituents is 2. The van der Waals surface area contributed by atoms with Crippen molar-refractivity contribution in [3.63, 3.8) is 0 Å². The summed E-state index contributed by atoms with van der Waals surface area (Å²) in [6.07, 6.45) is 1.04. The van der Waals surface area contributed by atoms with Crippen molar-refractivity contribution in [3.05, 3.63) is 81.9 Å². The third-order valence-corrected chi connectivity index (χ3v) is 4.48. The van der Waals surface area contributed by atoms with Gasteiger partial charge in [-0.25, -0.2) is 10.4 Å². The maximum atomic E-state index is 12.4. The van der Waals surface area contributed by atoms with Crippen molar-refractivity contribution in [3.8, 4) is 22.9 Å². The van der Waals surface area contributed by atoms with Gasteiger partial charge in [0.2, 0.25) is 0 Å². The van der Waals surface area contributed by atoms with Gasteiger partial charge in [0.15, 0.2) is 5.75 Å². The van der Waals surface area contributed by atoms with Gasteiger partial charge in [-0.15, -0.1) is 0 Å². The first-order valence-electron chi connectivity index (χ1n) is 9.01. The number of nitro benzene ring substituents is 1. The SMILES string of the molecule is O=C(N/N=C/c1cc([N+](=O)[O-])c(O)cc1O)c1ccc2nc(-c3ccccc3)[nH]c2c1. The summed E-state index contributed by atoms with van der Waals surface area (Å²) in [6, 6.07) is 16.2. The van der Waals surface area contributed by atoms with Gasteiger partial charge in [-0.05, 0) is 18.2 Å². The highest BCUT2D eigenvalue weighted by atomic mass is 16.6. The molecule has 0 saturated carbocycles. The summed E-state index contributed by atoms with van der Waals surface area (Å²) in [5.41, 5.74) is 4.25. The van der Waals surface area contributed by atoms with E-state index in [0.717, 1.165) is 23.9 Å². The molecule has 154 valence electrons. The van der Waals surface area contributed by atoms with Gasteiger partial charge >= 0.3 is 5.69 Å². The molecule has 0 spiro atoms. The number of nitrogens with one attached hydrogen (secondary N) is 2. The van der Waals surface area contributed by atoms with Gasteiger partial charge in [0.25, 0.3) is 5.91 Å². The van der Waals surface area contributed by atoms with Gasteiger partial charge in [-0.3, -0.25) is 14.9 Å². The molecule has 31 heavy (non-hydrogen) atoms. The molecule has 1 amide bonds. The number of aromatic hydroxyl groups is 2. The van der Waals surface area contributed by atoms with E-state index in [1.54, 1.807) is 18.2 Å². The lowest BCUT2D eigenvalue weighted by Gasteiger charge is -2.02. The van der Waals surface area contributed by atoms with Gasteiger partial charge in [-0.2, -0.15) is 5.10 Å². The summed E-state index contributed by atoms with van der Waals surface area (Å²) >= 11 is 0. The van der Waals surface area contributed by atoms with E-state index in [2.05, 4.69) is 20.5 Å². The first-order chi connectivity index (χ1) is 14.9. The van der Waals surface area contributed by atoms with Gasteiger partial charge in [0, 0.05) is 28.8 Å². The normalized spacial score (nSPS) is 11.1. The van der Waals surface area contributed by atoms with Gasteiger partial charge in [0.05, 0.1) is 22.2 Å². The van der Waals surface area contributed by atoms with Crippen LogP contribution >= 0.6 is 0 Å². The number of fused-ring (bicyclic) bond motifs is 1. The number of H-pyrrole nitrogens is 1. The van der Waals surface area contributed by atoms with Crippen molar-refractivity contribution in [1.82, 2.24) is 15.4 Å². The van der Waals surface area contributed by atoms with Crippen LogP contribution in [0, 0.1) is 10.1 Å². The second-order valence-corrected chi connectivity index (χ2v) is 6.54. The predicted octanol–water partition coefficient (Wildman–Crippen LogP) is 3.31. The van der Waals surface area contributed by atoms with Crippen molar-refractivity contribution in [2.75, 3.05) is 0 Å². The van der Waals surface area contributed by atoms with Crippen LogP contribution in [0.4, 0.5) is 5.69 Å². The summed E-state index contributed by atoms with van der Waals surface area (Å²) in [5.74, 6) is -0.947. The highest BCUT2D eigenvalue weighted by molar-refractivity contribution is 5.98. The average molecular weight is 417 g/mol. The summed E-state index contributed by atoms with van der Waals surface area (Å²) in [6.45, 7) is 0. The Bertz CT molecular complexity index is 1330. The van der Waals surface area contributed by atoms with Crippen molar-refractivity contribution < 1.29 is 19.9 Å². The second-order valence-electron chi connectivity index (χ2n) is 6.54. The zero-order valence-electron chi connectivity index (χ0n) is 15.8. The number of amides is 1. The average Bonchev–Trinajstić information content (AvgIpc) is 3.19. The molecule has 0 radical (unpaired) electrons. The zero-order valence-corrected chi connectivity index (χ0v) is 15.8. The molecule has 10 heteroatoms. The van der Waals surface area contributed by atoms with Crippen LogP contribution in [0.15, 0.2) is 65.8 Å². The number of carbonyl (C=O) groups excluding carboxylic acids is 1. The Labute approximate surface area is 174 Å². The van der Waals surface area contributed by atoms with Crippen LogP contribution in [0.5, 0.6) is 11.5 Å². The van der Waals surface area contributed by atoms with Gasteiger partial charge in [0.1, 0.15) is 11.6 Å². The number of hydrogen-bond acceptors (Lipinski definition) is 7. The quantitative estimate of drug-likeness (QED) is 0.222. The smallest absolute Gasteiger partial charge is 0.311 e. The Morgan fingerprint density at radius 3 is 2.61 bits per heavy atom. The number of aromatic nitrogens is 2. The predicted molar refractivity (Wildman–Crippen MR) is 113 cm³/mol. The van der Waals surface area contributed by atoms with Crippen LogP contribution in [-0.4, -0.2) is 37.2 Å². The molecule has 4 rings (SSSR count). The molecule has 0 unspecified atom stereocenters. The molecule has 0 fully saturated rings. The summed E-state index contributed by atoms with van der Waals surface area (Å²) < 4.78 is 0. The van der Waals surface area contributed by atoms with Gasteiger partial charge in [-0.1, -0.05) is 30.3 Å². The number of aromatic amines is 1. The van der Waals surface area contributed by atoms with Crippen LogP contribution in [0.3, 0.4) is 0 Å². The summed E-state index contributed by atoms with van der Waals surface area (Å²) in [4.78, 5) is 30.2. The maximum absolute atomic E-state index is 12.4.